The molecule has 2 aromatic carbocycles. The van der Waals surface area contributed by atoms with Crippen LogP contribution >= 0.6 is 0 Å². The predicted molar refractivity (Wildman–Crippen MR) is 117 cm³/mol. The van der Waals surface area contributed by atoms with E-state index in [9.17, 15) is 9.59 Å². The zero-order chi connectivity index (χ0) is 21.5. The molecule has 2 heterocycles. The molecule has 5 nitrogen and oxygen atoms in total. The summed E-state index contributed by atoms with van der Waals surface area (Å²) in [6, 6.07) is 18.6. The highest BCUT2D eigenvalue weighted by Crippen LogP contribution is 2.55. The van der Waals surface area contributed by atoms with Crippen LogP contribution < -0.4 is 0 Å². The Hall–Kier alpha value is -2.66. The zero-order valence-corrected chi connectivity index (χ0v) is 18.0. The highest BCUT2D eigenvalue weighted by molar-refractivity contribution is 5.90. The van der Waals surface area contributed by atoms with Crippen molar-refractivity contribution in [1.29, 1.82) is 0 Å². The smallest absolute Gasteiger partial charge is 0.338 e. The first-order valence-corrected chi connectivity index (χ1v) is 11.4. The molecule has 6 unspecified atom stereocenters. The van der Waals surface area contributed by atoms with Gasteiger partial charge in [0, 0.05) is 6.04 Å². The number of nitrogens with zero attached hydrogens (tertiary/aromatic N) is 1. The van der Waals surface area contributed by atoms with Crippen molar-refractivity contribution < 1.29 is 19.1 Å². The van der Waals surface area contributed by atoms with Crippen molar-refractivity contribution >= 4 is 11.9 Å². The SMILES string of the molecule is CC(C)N1C2C3CCCC3C1C(OC(=O)c1ccccc1)C2OC(=O)c1ccccc1. The van der Waals surface area contributed by atoms with Gasteiger partial charge in [-0.1, -0.05) is 42.8 Å². The van der Waals surface area contributed by atoms with Crippen LogP contribution in [0.4, 0.5) is 0 Å². The Morgan fingerprint density at radius 2 is 1.19 bits per heavy atom. The summed E-state index contributed by atoms with van der Waals surface area (Å²) in [4.78, 5) is 28.4. The average Bonchev–Trinajstić information content (AvgIpc) is 3.46. The molecule has 0 N–H and O–H groups in total. The van der Waals surface area contributed by atoms with Crippen LogP contribution in [0.15, 0.2) is 60.7 Å². The lowest BCUT2D eigenvalue weighted by atomic mass is 9.78. The molecule has 2 saturated heterocycles. The van der Waals surface area contributed by atoms with Gasteiger partial charge in [0.15, 0.2) is 12.2 Å². The van der Waals surface area contributed by atoms with Crippen molar-refractivity contribution in [1.82, 2.24) is 4.90 Å². The van der Waals surface area contributed by atoms with E-state index >= 15 is 0 Å². The molecule has 0 spiro atoms. The number of fused-ring (bicyclic) bond motifs is 5. The van der Waals surface area contributed by atoms with Crippen LogP contribution in [-0.2, 0) is 9.47 Å². The van der Waals surface area contributed by atoms with Gasteiger partial charge in [0.1, 0.15) is 0 Å². The minimum atomic E-state index is -0.452. The normalized spacial score (nSPS) is 31.6. The van der Waals surface area contributed by atoms with Crippen molar-refractivity contribution in [3.05, 3.63) is 71.8 Å². The molecule has 1 aliphatic carbocycles. The molecular formula is C26H29NO4. The maximum Gasteiger partial charge on any atom is 0.338 e. The Morgan fingerprint density at radius 1 is 0.774 bits per heavy atom. The summed E-state index contributed by atoms with van der Waals surface area (Å²) in [6.07, 6.45) is 2.58. The molecule has 0 amide bonds. The molecule has 2 aromatic rings. The third-order valence-electron chi connectivity index (χ3n) is 7.29. The third kappa shape index (κ3) is 3.45. The first-order chi connectivity index (χ1) is 15.1. The van der Waals surface area contributed by atoms with Crippen molar-refractivity contribution in [2.75, 3.05) is 0 Å². The largest absolute Gasteiger partial charge is 0.453 e. The Bertz CT molecular complexity index is 871. The summed E-state index contributed by atoms with van der Waals surface area (Å²) in [7, 11) is 0. The number of hydrogen-bond donors (Lipinski definition) is 0. The van der Waals surface area contributed by atoms with Gasteiger partial charge in [-0.2, -0.15) is 0 Å². The fraction of sp³-hybridized carbons (Fsp3) is 0.462. The van der Waals surface area contributed by atoms with Crippen LogP contribution in [0.1, 0.15) is 53.8 Å². The average molecular weight is 420 g/mol. The molecule has 6 atom stereocenters. The second-order valence-corrected chi connectivity index (χ2v) is 9.25. The zero-order valence-electron chi connectivity index (χ0n) is 18.0. The number of ether oxygens (including phenoxy) is 2. The minimum Gasteiger partial charge on any atom is -0.453 e. The topological polar surface area (TPSA) is 55.8 Å². The quantitative estimate of drug-likeness (QED) is 0.676. The molecule has 162 valence electrons. The van der Waals surface area contributed by atoms with Crippen LogP contribution in [0.3, 0.4) is 0 Å². The van der Waals surface area contributed by atoms with Crippen molar-refractivity contribution in [2.24, 2.45) is 11.8 Å². The molecule has 0 aromatic heterocycles. The van der Waals surface area contributed by atoms with Crippen LogP contribution in [0.25, 0.3) is 0 Å². The fourth-order valence-electron chi connectivity index (χ4n) is 6.22. The summed E-state index contributed by atoms with van der Waals surface area (Å²) < 4.78 is 12.2. The van der Waals surface area contributed by atoms with Gasteiger partial charge in [-0.25, -0.2) is 9.59 Å². The number of carbonyl (C=O) groups excluding carboxylic acids is 2. The van der Waals surface area contributed by atoms with Crippen LogP contribution in [0.2, 0.25) is 0 Å². The van der Waals surface area contributed by atoms with E-state index in [0.29, 0.717) is 29.0 Å². The third-order valence-corrected chi connectivity index (χ3v) is 7.29. The lowest BCUT2D eigenvalue weighted by molar-refractivity contribution is -0.0540. The number of rotatable bonds is 5. The van der Waals surface area contributed by atoms with Crippen LogP contribution in [-0.4, -0.2) is 47.2 Å². The molecule has 3 fully saturated rings. The highest BCUT2D eigenvalue weighted by atomic mass is 16.6. The molecule has 5 rings (SSSR count). The maximum atomic E-state index is 13.0. The van der Waals surface area contributed by atoms with E-state index in [1.807, 2.05) is 36.4 Å². The Kier molecular flexibility index (Phi) is 5.30. The molecular weight excluding hydrogens is 390 g/mol. The van der Waals surface area contributed by atoms with Gasteiger partial charge in [-0.05, 0) is 62.8 Å². The van der Waals surface area contributed by atoms with Crippen LogP contribution in [0, 0.1) is 11.8 Å². The van der Waals surface area contributed by atoms with E-state index in [4.69, 9.17) is 9.47 Å². The van der Waals surface area contributed by atoms with Crippen molar-refractivity contribution in [3.63, 3.8) is 0 Å². The molecule has 1 saturated carbocycles. The van der Waals surface area contributed by atoms with Crippen LogP contribution in [0.5, 0.6) is 0 Å². The van der Waals surface area contributed by atoms with Gasteiger partial charge >= 0.3 is 11.9 Å². The van der Waals surface area contributed by atoms with Gasteiger partial charge in [0.05, 0.1) is 23.2 Å². The van der Waals surface area contributed by atoms with E-state index in [-0.39, 0.29) is 24.0 Å². The van der Waals surface area contributed by atoms with E-state index in [1.54, 1.807) is 24.3 Å². The number of carbonyl (C=O) groups is 2. The maximum absolute atomic E-state index is 13.0. The lowest BCUT2D eigenvalue weighted by Crippen LogP contribution is -2.49. The van der Waals surface area contributed by atoms with E-state index in [2.05, 4.69) is 18.7 Å². The molecule has 2 bridgehead atoms. The van der Waals surface area contributed by atoms with Gasteiger partial charge in [0.25, 0.3) is 0 Å². The molecule has 0 radical (unpaired) electrons. The van der Waals surface area contributed by atoms with Gasteiger partial charge in [-0.15, -0.1) is 0 Å². The summed E-state index contributed by atoms with van der Waals surface area (Å²) in [5.41, 5.74) is 1.05. The molecule has 2 aliphatic heterocycles. The molecule has 31 heavy (non-hydrogen) atoms. The molecule has 3 aliphatic rings. The standard InChI is InChI=1S/C26H29NO4/c1-16(2)27-21-19-14-9-15-20(19)22(27)24(31-26(29)18-12-7-4-8-13-18)23(21)30-25(28)17-10-5-3-6-11-17/h3-8,10-13,16,19-24H,9,14-15H2,1-2H3. The summed E-state index contributed by atoms with van der Waals surface area (Å²) in [5.74, 6) is 0.287. The summed E-state index contributed by atoms with van der Waals surface area (Å²) in [6.45, 7) is 4.36. The van der Waals surface area contributed by atoms with Gasteiger partial charge in [-0.3, -0.25) is 4.90 Å². The Balaban J connectivity index is 1.46. The lowest BCUT2D eigenvalue weighted by Gasteiger charge is -2.35. The monoisotopic (exact) mass is 419 g/mol. The first-order valence-electron chi connectivity index (χ1n) is 11.4. The number of hydrogen-bond acceptors (Lipinski definition) is 5. The second-order valence-electron chi connectivity index (χ2n) is 9.25. The minimum absolute atomic E-state index is 0.0961. The Labute approximate surface area is 183 Å². The fourth-order valence-corrected chi connectivity index (χ4v) is 6.22. The van der Waals surface area contributed by atoms with Crippen molar-refractivity contribution in [2.45, 2.75) is 63.4 Å². The van der Waals surface area contributed by atoms with Crippen molar-refractivity contribution in [3.8, 4) is 0 Å². The predicted octanol–water partition coefficient (Wildman–Crippen LogP) is 4.33. The van der Waals surface area contributed by atoms with Gasteiger partial charge in [0.2, 0.25) is 0 Å². The van der Waals surface area contributed by atoms with Gasteiger partial charge < -0.3 is 9.47 Å². The summed E-state index contributed by atoms with van der Waals surface area (Å²) in [5, 5.41) is 0. The van der Waals surface area contributed by atoms with E-state index in [0.717, 1.165) is 12.8 Å². The number of benzene rings is 2. The second kappa shape index (κ2) is 8.12. The van der Waals surface area contributed by atoms with E-state index < -0.39 is 12.2 Å². The van der Waals surface area contributed by atoms with E-state index in [1.165, 1.54) is 6.42 Å². The first kappa shape index (κ1) is 20.3. The summed E-state index contributed by atoms with van der Waals surface area (Å²) >= 11 is 0. The highest BCUT2D eigenvalue weighted by Gasteiger charge is 2.66. The Morgan fingerprint density at radius 3 is 1.58 bits per heavy atom. The number of esters is 2. The molecule has 5 heteroatoms.